The Labute approximate surface area is 160 Å². The van der Waals surface area contributed by atoms with Crippen molar-refractivity contribution in [3.05, 3.63) is 41.6 Å². The second kappa shape index (κ2) is 7.33. The van der Waals surface area contributed by atoms with Crippen LogP contribution < -0.4 is 0 Å². The fraction of sp³-hybridized carbons (Fsp3) is 0.565. The zero-order valence-corrected chi connectivity index (χ0v) is 15.9. The molecule has 0 saturated carbocycles. The highest BCUT2D eigenvalue weighted by molar-refractivity contribution is 5.99. The number of hydrogen-bond acceptors (Lipinski definition) is 4. The number of ether oxygens (including phenoxy) is 1. The summed E-state index contributed by atoms with van der Waals surface area (Å²) in [5.41, 5.74) is 2.95. The SMILES string of the molecule is O=C(CC1CN2CCC1CC2)c1ccc2c(C3CCCCO3)ccnc2c1. The number of rotatable bonds is 4. The number of fused-ring (bicyclic) bond motifs is 4. The number of carbonyl (C=O) groups excluding carboxylic acids is 1. The van der Waals surface area contributed by atoms with E-state index in [1.54, 1.807) is 0 Å². The maximum atomic E-state index is 12.9. The van der Waals surface area contributed by atoms with Gasteiger partial charge in [-0.1, -0.05) is 12.1 Å². The molecule has 2 bridgehead atoms. The first-order valence-electron chi connectivity index (χ1n) is 10.5. The quantitative estimate of drug-likeness (QED) is 0.755. The molecule has 4 aliphatic rings. The second-order valence-corrected chi connectivity index (χ2v) is 8.51. The van der Waals surface area contributed by atoms with Crippen LogP contribution in [-0.4, -0.2) is 41.9 Å². The number of ketones is 1. The van der Waals surface area contributed by atoms with Crippen LogP contribution in [0.1, 0.15) is 60.6 Å². The molecule has 2 unspecified atom stereocenters. The lowest BCUT2D eigenvalue weighted by Gasteiger charge is -2.44. The largest absolute Gasteiger partial charge is 0.374 e. The van der Waals surface area contributed by atoms with Crippen molar-refractivity contribution in [1.82, 2.24) is 9.88 Å². The van der Waals surface area contributed by atoms with Crippen molar-refractivity contribution < 1.29 is 9.53 Å². The predicted octanol–water partition coefficient (Wildman–Crippen LogP) is 4.39. The molecule has 2 aromatic rings. The molecule has 0 amide bonds. The molecule has 1 aromatic carbocycles. The monoisotopic (exact) mass is 364 g/mol. The van der Waals surface area contributed by atoms with E-state index in [-0.39, 0.29) is 11.9 Å². The van der Waals surface area contributed by atoms with E-state index in [1.165, 1.54) is 37.9 Å². The molecule has 142 valence electrons. The third-order valence-electron chi connectivity index (χ3n) is 6.86. The van der Waals surface area contributed by atoms with Gasteiger partial charge in [0.15, 0.2) is 5.78 Å². The lowest BCUT2D eigenvalue weighted by Crippen LogP contribution is -2.47. The first-order chi connectivity index (χ1) is 13.3. The molecule has 4 saturated heterocycles. The molecule has 0 radical (unpaired) electrons. The Kier molecular flexibility index (Phi) is 4.70. The molecule has 4 fully saturated rings. The van der Waals surface area contributed by atoms with Crippen LogP contribution in [-0.2, 0) is 4.74 Å². The molecule has 6 rings (SSSR count). The topological polar surface area (TPSA) is 42.4 Å². The molecule has 0 spiro atoms. The van der Waals surface area contributed by atoms with Gasteiger partial charge in [0.2, 0.25) is 0 Å². The standard InChI is InChI=1S/C23H28N2O2/c26-22(14-18-15-25-10-7-16(18)8-11-25)17-4-5-19-20(6-9-24-21(19)13-17)23-3-1-2-12-27-23/h4-6,9,13,16,18,23H,1-3,7-8,10-12,14-15H2. The van der Waals surface area contributed by atoms with Crippen LogP contribution in [0.15, 0.2) is 30.5 Å². The van der Waals surface area contributed by atoms with Gasteiger partial charge in [0.1, 0.15) is 0 Å². The van der Waals surface area contributed by atoms with E-state index in [9.17, 15) is 4.79 Å². The van der Waals surface area contributed by atoms with E-state index in [2.05, 4.69) is 22.0 Å². The van der Waals surface area contributed by atoms with Crippen molar-refractivity contribution in [2.75, 3.05) is 26.2 Å². The van der Waals surface area contributed by atoms with Crippen molar-refractivity contribution >= 4 is 16.7 Å². The summed E-state index contributed by atoms with van der Waals surface area (Å²) in [6.45, 7) is 4.39. The number of aromatic nitrogens is 1. The fourth-order valence-electron chi connectivity index (χ4n) is 5.29. The summed E-state index contributed by atoms with van der Waals surface area (Å²) in [7, 11) is 0. The van der Waals surface area contributed by atoms with Gasteiger partial charge in [-0.15, -0.1) is 0 Å². The van der Waals surface area contributed by atoms with E-state index in [4.69, 9.17) is 4.74 Å². The van der Waals surface area contributed by atoms with Gasteiger partial charge in [0.05, 0.1) is 11.6 Å². The summed E-state index contributed by atoms with van der Waals surface area (Å²) in [5, 5.41) is 1.13. The third kappa shape index (κ3) is 3.41. The zero-order chi connectivity index (χ0) is 18.2. The summed E-state index contributed by atoms with van der Waals surface area (Å²) in [6.07, 6.45) is 8.67. The maximum absolute atomic E-state index is 12.9. The summed E-state index contributed by atoms with van der Waals surface area (Å²) in [4.78, 5) is 20.0. The van der Waals surface area contributed by atoms with E-state index in [0.29, 0.717) is 12.3 Å². The number of carbonyl (C=O) groups is 1. The molecule has 4 heteroatoms. The van der Waals surface area contributed by atoms with E-state index in [0.717, 1.165) is 48.4 Å². The van der Waals surface area contributed by atoms with Crippen LogP contribution >= 0.6 is 0 Å². The molecule has 5 heterocycles. The van der Waals surface area contributed by atoms with Gasteiger partial charge in [0, 0.05) is 36.7 Å². The summed E-state index contributed by atoms with van der Waals surface area (Å²) < 4.78 is 5.98. The first kappa shape index (κ1) is 17.3. The minimum Gasteiger partial charge on any atom is -0.374 e. The number of nitrogens with zero attached hydrogens (tertiary/aromatic N) is 2. The number of hydrogen-bond donors (Lipinski definition) is 0. The van der Waals surface area contributed by atoms with Crippen LogP contribution in [0.2, 0.25) is 0 Å². The van der Waals surface area contributed by atoms with Gasteiger partial charge in [-0.3, -0.25) is 9.78 Å². The molecule has 4 aliphatic heterocycles. The van der Waals surface area contributed by atoms with Gasteiger partial charge in [-0.25, -0.2) is 0 Å². The second-order valence-electron chi connectivity index (χ2n) is 8.51. The Bertz CT molecular complexity index is 835. The smallest absolute Gasteiger partial charge is 0.163 e. The molecule has 1 aromatic heterocycles. The predicted molar refractivity (Wildman–Crippen MR) is 106 cm³/mol. The van der Waals surface area contributed by atoms with Crippen LogP contribution in [0.4, 0.5) is 0 Å². The van der Waals surface area contributed by atoms with Crippen LogP contribution in [0.3, 0.4) is 0 Å². The number of Topliss-reactive ketones (excluding diaryl/α,β-unsaturated/α-hetero) is 1. The molecule has 0 aliphatic carbocycles. The number of benzene rings is 1. The summed E-state index contributed by atoms with van der Waals surface area (Å²) in [6, 6.07) is 8.15. The summed E-state index contributed by atoms with van der Waals surface area (Å²) >= 11 is 0. The van der Waals surface area contributed by atoms with Gasteiger partial charge < -0.3 is 9.64 Å². The Morgan fingerprint density at radius 3 is 2.78 bits per heavy atom. The van der Waals surface area contributed by atoms with E-state index >= 15 is 0 Å². The van der Waals surface area contributed by atoms with Crippen molar-refractivity contribution in [1.29, 1.82) is 0 Å². The normalized spacial score (nSPS) is 30.5. The highest BCUT2D eigenvalue weighted by Gasteiger charge is 2.35. The Morgan fingerprint density at radius 1 is 1.15 bits per heavy atom. The molecule has 27 heavy (non-hydrogen) atoms. The molecular formula is C23H28N2O2. The lowest BCUT2D eigenvalue weighted by molar-refractivity contribution is 0.0158. The Morgan fingerprint density at radius 2 is 2.04 bits per heavy atom. The van der Waals surface area contributed by atoms with Crippen molar-refractivity contribution in [3.8, 4) is 0 Å². The van der Waals surface area contributed by atoms with Gasteiger partial charge in [-0.05, 0) is 74.7 Å². The van der Waals surface area contributed by atoms with Crippen LogP contribution in [0, 0.1) is 11.8 Å². The van der Waals surface area contributed by atoms with Gasteiger partial charge in [-0.2, -0.15) is 0 Å². The van der Waals surface area contributed by atoms with Crippen molar-refractivity contribution in [3.63, 3.8) is 0 Å². The minimum atomic E-state index is 0.164. The maximum Gasteiger partial charge on any atom is 0.163 e. The van der Waals surface area contributed by atoms with Crippen LogP contribution in [0.25, 0.3) is 10.9 Å². The van der Waals surface area contributed by atoms with E-state index in [1.807, 2.05) is 18.3 Å². The number of pyridine rings is 1. The fourth-order valence-corrected chi connectivity index (χ4v) is 5.29. The average molecular weight is 364 g/mol. The minimum absolute atomic E-state index is 0.164. The molecule has 2 atom stereocenters. The molecule has 0 N–H and O–H groups in total. The zero-order valence-electron chi connectivity index (χ0n) is 15.9. The van der Waals surface area contributed by atoms with Gasteiger partial charge in [0.25, 0.3) is 0 Å². The van der Waals surface area contributed by atoms with Crippen LogP contribution in [0.5, 0.6) is 0 Å². The first-order valence-corrected chi connectivity index (χ1v) is 10.5. The summed E-state index contributed by atoms with van der Waals surface area (Å²) in [5.74, 6) is 1.55. The Balaban J connectivity index is 1.37. The van der Waals surface area contributed by atoms with Crippen molar-refractivity contribution in [2.24, 2.45) is 11.8 Å². The lowest BCUT2D eigenvalue weighted by atomic mass is 9.76. The highest BCUT2D eigenvalue weighted by atomic mass is 16.5. The van der Waals surface area contributed by atoms with Gasteiger partial charge >= 0.3 is 0 Å². The number of piperidine rings is 3. The molecule has 4 nitrogen and oxygen atoms in total. The third-order valence-corrected chi connectivity index (χ3v) is 6.86. The average Bonchev–Trinajstić information content (AvgIpc) is 2.74. The molecular weight excluding hydrogens is 336 g/mol. The van der Waals surface area contributed by atoms with Crippen molar-refractivity contribution in [2.45, 2.75) is 44.6 Å². The van der Waals surface area contributed by atoms with E-state index < -0.39 is 0 Å². The highest BCUT2D eigenvalue weighted by Crippen LogP contribution is 2.36. The Hall–Kier alpha value is -1.78.